The maximum atomic E-state index is 12.5. The molecule has 0 aromatic carbocycles. The van der Waals surface area contributed by atoms with Crippen molar-refractivity contribution in [3.63, 3.8) is 0 Å². The van der Waals surface area contributed by atoms with Gasteiger partial charge in [0.2, 0.25) is 0 Å². The van der Waals surface area contributed by atoms with Crippen molar-refractivity contribution in [2.45, 2.75) is 27.3 Å². The van der Waals surface area contributed by atoms with Gasteiger partial charge >= 0.3 is 0 Å². The van der Waals surface area contributed by atoms with Crippen LogP contribution in [0.3, 0.4) is 0 Å². The predicted molar refractivity (Wildman–Crippen MR) is 90.2 cm³/mol. The molecule has 116 valence electrons. The van der Waals surface area contributed by atoms with Crippen molar-refractivity contribution in [2.75, 3.05) is 6.54 Å². The molecule has 0 atom stereocenters. The van der Waals surface area contributed by atoms with E-state index in [2.05, 4.69) is 23.4 Å². The monoisotopic (exact) mass is 317 g/mol. The third-order valence-electron chi connectivity index (χ3n) is 3.73. The van der Waals surface area contributed by atoms with Crippen LogP contribution < -0.4 is 5.32 Å². The fourth-order valence-electron chi connectivity index (χ4n) is 2.60. The minimum atomic E-state index is -0.461. The second-order valence-electron chi connectivity index (χ2n) is 5.09. The molecular weight excluding hydrogens is 298 g/mol. The average Bonchev–Trinajstić information content (AvgIpc) is 2.73. The SMILES string of the molecule is C=CCN1C(=O)/C(=C/c2cc(C)n(CC)c2C)C(=O)NC1=S. The number of amides is 2. The zero-order valence-electron chi connectivity index (χ0n) is 13.0. The summed E-state index contributed by atoms with van der Waals surface area (Å²) in [6.07, 6.45) is 3.20. The highest BCUT2D eigenvalue weighted by Gasteiger charge is 2.32. The van der Waals surface area contributed by atoms with Crippen molar-refractivity contribution in [2.24, 2.45) is 0 Å². The maximum absolute atomic E-state index is 12.5. The van der Waals surface area contributed by atoms with Crippen LogP contribution in [0.2, 0.25) is 0 Å². The quantitative estimate of drug-likeness (QED) is 0.400. The van der Waals surface area contributed by atoms with Gasteiger partial charge in [0.1, 0.15) is 5.57 Å². The van der Waals surface area contributed by atoms with E-state index >= 15 is 0 Å². The summed E-state index contributed by atoms with van der Waals surface area (Å²) in [7, 11) is 0. The standard InChI is InChI=1S/C16H19N3O2S/c1-5-7-19-15(21)13(14(20)17-16(19)22)9-12-8-10(3)18(6-2)11(12)4/h5,8-9H,1,6-7H2,2-4H3,(H,17,20,22)/b13-9+. The Kier molecular flexibility index (Phi) is 4.61. The molecule has 1 saturated heterocycles. The Labute approximate surface area is 135 Å². The summed E-state index contributed by atoms with van der Waals surface area (Å²) in [4.78, 5) is 25.9. The molecule has 0 bridgehead atoms. The Morgan fingerprint density at radius 2 is 2.05 bits per heavy atom. The molecule has 0 saturated carbocycles. The Morgan fingerprint density at radius 3 is 2.59 bits per heavy atom. The van der Waals surface area contributed by atoms with Gasteiger partial charge in [-0.05, 0) is 50.7 Å². The Bertz CT molecular complexity index is 700. The first-order valence-electron chi connectivity index (χ1n) is 7.07. The summed E-state index contributed by atoms with van der Waals surface area (Å²) in [5, 5.41) is 2.66. The van der Waals surface area contributed by atoms with E-state index in [1.807, 2.05) is 19.9 Å². The fourth-order valence-corrected chi connectivity index (χ4v) is 2.85. The molecule has 22 heavy (non-hydrogen) atoms. The highest BCUT2D eigenvalue weighted by Crippen LogP contribution is 2.20. The first-order chi connectivity index (χ1) is 10.4. The molecule has 0 unspecified atom stereocenters. The van der Waals surface area contributed by atoms with Crippen molar-refractivity contribution in [3.8, 4) is 0 Å². The van der Waals surface area contributed by atoms with Gasteiger partial charge in [-0.15, -0.1) is 6.58 Å². The largest absolute Gasteiger partial charge is 0.349 e. The van der Waals surface area contributed by atoms with E-state index in [-0.39, 0.29) is 17.2 Å². The number of carbonyl (C=O) groups excluding carboxylic acids is 2. The second-order valence-corrected chi connectivity index (χ2v) is 5.48. The normalized spacial score (nSPS) is 17.1. The zero-order chi connectivity index (χ0) is 16.4. The molecular formula is C16H19N3O2S. The number of carbonyl (C=O) groups is 2. The summed E-state index contributed by atoms with van der Waals surface area (Å²) < 4.78 is 2.13. The number of aryl methyl sites for hydroxylation is 1. The highest BCUT2D eigenvalue weighted by molar-refractivity contribution is 7.80. The van der Waals surface area contributed by atoms with E-state index in [1.54, 1.807) is 12.2 Å². The zero-order valence-corrected chi connectivity index (χ0v) is 13.8. The number of rotatable bonds is 4. The van der Waals surface area contributed by atoms with Gasteiger partial charge in [-0.25, -0.2) is 0 Å². The average molecular weight is 317 g/mol. The van der Waals surface area contributed by atoms with Crippen molar-refractivity contribution < 1.29 is 9.59 Å². The van der Waals surface area contributed by atoms with Crippen LogP contribution in [0, 0.1) is 13.8 Å². The molecule has 6 heteroatoms. The lowest BCUT2D eigenvalue weighted by Crippen LogP contribution is -2.53. The number of thiocarbonyl (C=S) groups is 1. The van der Waals surface area contributed by atoms with E-state index in [4.69, 9.17) is 12.2 Å². The number of nitrogens with zero attached hydrogens (tertiary/aromatic N) is 2. The molecule has 1 fully saturated rings. The predicted octanol–water partition coefficient (Wildman–Crippen LogP) is 1.94. The minimum Gasteiger partial charge on any atom is -0.349 e. The van der Waals surface area contributed by atoms with Crippen LogP contribution in [0.25, 0.3) is 6.08 Å². The van der Waals surface area contributed by atoms with Crippen molar-refractivity contribution >= 4 is 35.2 Å². The Morgan fingerprint density at radius 1 is 1.36 bits per heavy atom. The molecule has 1 aromatic rings. The topological polar surface area (TPSA) is 54.3 Å². The van der Waals surface area contributed by atoms with Gasteiger partial charge in [-0.2, -0.15) is 0 Å². The summed E-state index contributed by atoms with van der Waals surface area (Å²) >= 11 is 5.03. The van der Waals surface area contributed by atoms with Gasteiger partial charge < -0.3 is 4.57 Å². The highest BCUT2D eigenvalue weighted by atomic mass is 32.1. The summed E-state index contributed by atoms with van der Waals surface area (Å²) in [6.45, 7) is 10.7. The Hall–Kier alpha value is -2.21. The fraction of sp³-hybridized carbons (Fsp3) is 0.312. The number of aromatic nitrogens is 1. The lowest BCUT2D eigenvalue weighted by molar-refractivity contribution is -0.128. The van der Waals surface area contributed by atoms with Gasteiger partial charge in [-0.1, -0.05) is 6.08 Å². The van der Waals surface area contributed by atoms with Crippen molar-refractivity contribution in [1.29, 1.82) is 0 Å². The van der Waals surface area contributed by atoms with E-state index < -0.39 is 11.8 Å². The third kappa shape index (κ3) is 2.74. The van der Waals surface area contributed by atoms with Crippen LogP contribution in [0.15, 0.2) is 24.3 Å². The van der Waals surface area contributed by atoms with Gasteiger partial charge in [0.25, 0.3) is 11.8 Å². The smallest absolute Gasteiger partial charge is 0.265 e. The van der Waals surface area contributed by atoms with Crippen LogP contribution in [-0.2, 0) is 16.1 Å². The van der Waals surface area contributed by atoms with Crippen LogP contribution in [0.5, 0.6) is 0 Å². The molecule has 2 rings (SSSR count). The lowest BCUT2D eigenvalue weighted by atomic mass is 10.1. The van der Waals surface area contributed by atoms with Gasteiger partial charge in [0, 0.05) is 24.5 Å². The molecule has 2 amide bonds. The summed E-state index contributed by atoms with van der Waals surface area (Å²) in [6, 6.07) is 1.97. The van der Waals surface area contributed by atoms with E-state index in [0.29, 0.717) is 0 Å². The van der Waals surface area contributed by atoms with Crippen LogP contribution in [0.4, 0.5) is 0 Å². The Balaban J connectivity index is 2.45. The van der Waals surface area contributed by atoms with Crippen molar-refractivity contribution in [3.05, 3.63) is 41.2 Å². The first kappa shape index (κ1) is 16.2. The molecule has 0 spiro atoms. The molecule has 1 N–H and O–H groups in total. The minimum absolute atomic E-state index is 0.0896. The molecule has 1 aliphatic rings. The molecule has 1 aliphatic heterocycles. The lowest BCUT2D eigenvalue weighted by Gasteiger charge is -2.27. The number of hydrogen-bond donors (Lipinski definition) is 1. The van der Waals surface area contributed by atoms with Crippen molar-refractivity contribution in [1.82, 2.24) is 14.8 Å². The van der Waals surface area contributed by atoms with E-state index in [1.165, 1.54) is 4.90 Å². The van der Waals surface area contributed by atoms with E-state index in [9.17, 15) is 9.59 Å². The van der Waals surface area contributed by atoms with Crippen LogP contribution >= 0.6 is 12.2 Å². The molecule has 0 aliphatic carbocycles. The second kappa shape index (κ2) is 6.27. The summed E-state index contributed by atoms with van der Waals surface area (Å²) in [5.41, 5.74) is 3.07. The first-order valence-corrected chi connectivity index (χ1v) is 7.48. The third-order valence-corrected chi connectivity index (χ3v) is 4.05. The molecule has 0 radical (unpaired) electrons. The molecule has 1 aromatic heterocycles. The number of hydrogen-bond acceptors (Lipinski definition) is 3. The van der Waals surface area contributed by atoms with Gasteiger partial charge in [0.05, 0.1) is 0 Å². The van der Waals surface area contributed by atoms with Gasteiger partial charge in [-0.3, -0.25) is 19.8 Å². The number of nitrogens with one attached hydrogen (secondary N) is 1. The maximum Gasteiger partial charge on any atom is 0.265 e. The van der Waals surface area contributed by atoms with Crippen LogP contribution in [-0.4, -0.2) is 32.9 Å². The molecule has 5 nitrogen and oxygen atoms in total. The molecule has 2 heterocycles. The van der Waals surface area contributed by atoms with Gasteiger partial charge in [0.15, 0.2) is 5.11 Å². The van der Waals surface area contributed by atoms with Crippen LogP contribution in [0.1, 0.15) is 23.9 Å². The van der Waals surface area contributed by atoms with E-state index in [0.717, 1.165) is 23.5 Å². The summed E-state index contributed by atoms with van der Waals surface area (Å²) in [5.74, 6) is -0.855.